The Morgan fingerprint density at radius 1 is 1.45 bits per heavy atom. The van der Waals surface area contributed by atoms with E-state index in [0.717, 1.165) is 13.0 Å². The predicted octanol–water partition coefficient (Wildman–Crippen LogP) is 1.76. The van der Waals surface area contributed by atoms with E-state index in [-0.39, 0.29) is 0 Å². The van der Waals surface area contributed by atoms with Gasteiger partial charge in [0.05, 0.1) is 19.9 Å². The highest BCUT2D eigenvalue weighted by atomic mass is 19.3. The normalized spacial score (nSPS) is 13.2. The fourth-order valence-corrected chi connectivity index (χ4v) is 1.93. The summed E-state index contributed by atoms with van der Waals surface area (Å²) in [6.07, 6.45) is -0.226. The maximum Gasteiger partial charge on any atom is 0.259 e. The minimum absolute atomic E-state index is 0.401. The number of nitrogens with zero attached hydrogens (tertiary/aromatic N) is 3. The lowest BCUT2D eigenvalue weighted by Gasteiger charge is -2.21. The van der Waals surface area contributed by atoms with Gasteiger partial charge in [-0.25, -0.2) is 8.78 Å². The number of likely N-dealkylation sites (N-methyl/N-ethyl adjacent to an activating group) is 1. The van der Waals surface area contributed by atoms with Crippen molar-refractivity contribution in [1.29, 1.82) is 0 Å². The Morgan fingerprint density at radius 3 is 2.65 bits per heavy atom. The standard InChI is InChI=1S/C13H24F2N4O/c1-5-6-16-11(13(14)15)12-10(20-4)9-17-19(12)8-7-18(2)3/h9,11,13,16H,5-8H2,1-4H3. The lowest BCUT2D eigenvalue weighted by atomic mass is 10.2. The zero-order valence-corrected chi connectivity index (χ0v) is 12.6. The molecule has 0 spiro atoms. The van der Waals surface area contributed by atoms with Gasteiger partial charge in [-0.05, 0) is 27.1 Å². The first-order valence-corrected chi connectivity index (χ1v) is 6.77. The lowest BCUT2D eigenvalue weighted by molar-refractivity contribution is 0.0925. The smallest absolute Gasteiger partial charge is 0.259 e. The van der Waals surface area contributed by atoms with Crippen molar-refractivity contribution in [3.05, 3.63) is 11.9 Å². The minimum atomic E-state index is -2.51. The zero-order chi connectivity index (χ0) is 15.1. The summed E-state index contributed by atoms with van der Waals surface area (Å²) in [5, 5.41) is 7.03. The van der Waals surface area contributed by atoms with Gasteiger partial charge in [0.25, 0.3) is 6.43 Å². The molecule has 0 fully saturated rings. The highest BCUT2D eigenvalue weighted by Gasteiger charge is 2.29. The van der Waals surface area contributed by atoms with Crippen LogP contribution in [0.3, 0.4) is 0 Å². The Balaban J connectivity index is 2.99. The Kier molecular flexibility index (Phi) is 6.87. The fourth-order valence-electron chi connectivity index (χ4n) is 1.93. The van der Waals surface area contributed by atoms with Crippen molar-refractivity contribution in [2.45, 2.75) is 32.4 Å². The van der Waals surface area contributed by atoms with Crippen LogP contribution in [0, 0.1) is 0 Å². The van der Waals surface area contributed by atoms with Gasteiger partial charge in [0.15, 0.2) is 5.75 Å². The van der Waals surface area contributed by atoms with E-state index >= 15 is 0 Å². The summed E-state index contributed by atoms with van der Waals surface area (Å²) in [4.78, 5) is 1.98. The number of nitrogens with one attached hydrogen (secondary N) is 1. The van der Waals surface area contributed by atoms with Crippen LogP contribution in [0.25, 0.3) is 0 Å². The molecule has 1 aromatic heterocycles. The minimum Gasteiger partial charge on any atom is -0.493 e. The molecule has 20 heavy (non-hydrogen) atoms. The fraction of sp³-hybridized carbons (Fsp3) is 0.769. The summed E-state index contributed by atoms with van der Waals surface area (Å²) < 4.78 is 33.4. The van der Waals surface area contributed by atoms with E-state index in [1.165, 1.54) is 13.3 Å². The first-order valence-electron chi connectivity index (χ1n) is 6.77. The van der Waals surface area contributed by atoms with Crippen LogP contribution in [0.1, 0.15) is 25.1 Å². The molecule has 0 saturated heterocycles. The van der Waals surface area contributed by atoms with Crippen LogP contribution in [0.2, 0.25) is 0 Å². The van der Waals surface area contributed by atoms with Crippen LogP contribution >= 0.6 is 0 Å². The molecule has 116 valence electrons. The maximum atomic E-state index is 13.3. The Hall–Kier alpha value is -1.21. The second-order valence-corrected chi connectivity index (χ2v) is 4.89. The summed E-state index contributed by atoms with van der Waals surface area (Å²) in [6.45, 7) is 3.73. The average Bonchev–Trinajstić information content (AvgIpc) is 2.79. The van der Waals surface area contributed by atoms with Gasteiger partial charge >= 0.3 is 0 Å². The molecule has 0 radical (unpaired) electrons. The summed E-state index contributed by atoms with van der Waals surface area (Å²) in [5.41, 5.74) is 0.415. The highest BCUT2D eigenvalue weighted by Crippen LogP contribution is 2.29. The van der Waals surface area contributed by atoms with Gasteiger partial charge in [-0.2, -0.15) is 5.10 Å². The van der Waals surface area contributed by atoms with Gasteiger partial charge in [-0.15, -0.1) is 0 Å². The van der Waals surface area contributed by atoms with E-state index in [9.17, 15) is 8.78 Å². The number of halogens is 2. The molecule has 1 heterocycles. The molecule has 0 aliphatic rings. The van der Waals surface area contributed by atoms with Crippen LogP contribution in [0.15, 0.2) is 6.20 Å². The van der Waals surface area contributed by atoms with E-state index in [2.05, 4.69) is 10.4 Å². The Labute approximate surface area is 118 Å². The number of rotatable bonds is 9. The molecule has 0 saturated carbocycles. The average molecular weight is 290 g/mol. The largest absolute Gasteiger partial charge is 0.493 e. The number of alkyl halides is 2. The topological polar surface area (TPSA) is 42.3 Å². The number of ether oxygens (including phenoxy) is 1. The molecule has 7 heteroatoms. The second-order valence-electron chi connectivity index (χ2n) is 4.89. The monoisotopic (exact) mass is 290 g/mol. The van der Waals surface area contributed by atoms with Gasteiger partial charge in [0, 0.05) is 6.54 Å². The van der Waals surface area contributed by atoms with Crippen LogP contribution < -0.4 is 10.1 Å². The summed E-state index contributed by atoms with van der Waals surface area (Å²) in [6, 6.07) is -1.06. The molecule has 1 aromatic rings. The second kappa shape index (κ2) is 8.16. The quantitative estimate of drug-likeness (QED) is 0.752. The third-order valence-electron chi connectivity index (χ3n) is 2.98. The van der Waals surface area contributed by atoms with Gasteiger partial charge in [-0.3, -0.25) is 4.68 Å². The predicted molar refractivity (Wildman–Crippen MR) is 74.4 cm³/mol. The molecule has 0 aliphatic carbocycles. The molecule has 0 aliphatic heterocycles. The molecule has 1 N–H and O–H groups in total. The number of hydrogen-bond acceptors (Lipinski definition) is 4. The van der Waals surface area contributed by atoms with Crippen LogP contribution in [0.5, 0.6) is 5.75 Å². The van der Waals surface area contributed by atoms with E-state index in [1.807, 2.05) is 25.9 Å². The molecule has 0 aromatic carbocycles. The molecule has 0 amide bonds. The zero-order valence-electron chi connectivity index (χ0n) is 12.6. The molecule has 1 rings (SSSR count). The van der Waals surface area contributed by atoms with Gasteiger partial charge in [-0.1, -0.05) is 6.92 Å². The molecule has 5 nitrogen and oxygen atoms in total. The van der Waals surface area contributed by atoms with Crippen LogP contribution in [-0.4, -0.2) is 55.4 Å². The Morgan fingerprint density at radius 2 is 2.15 bits per heavy atom. The molecular formula is C13H24F2N4O. The summed E-state index contributed by atoms with van der Waals surface area (Å²) in [7, 11) is 5.33. The lowest BCUT2D eigenvalue weighted by Crippen LogP contribution is -2.31. The van der Waals surface area contributed by atoms with E-state index in [1.54, 1.807) is 4.68 Å². The van der Waals surface area contributed by atoms with Crippen LogP contribution in [0.4, 0.5) is 8.78 Å². The van der Waals surface area contributed by atoms with Crippen molar-refractivity contribution in [3.8, 4) is 5.75 Å². The SMILES string of the molecule is CCCNC(c1c(OC)cnn1CCN(C)C)C(F)F. The number of hydrogen-bond donors (Lipinski definition) is 1. The molecule has 0 bridgehead atoms. The van der Waals surface area contributed by atoms with Crippen molar-refractivity contribution >= 4 is 0 Å². The van der Waals surface area contributed by atoms with Gasteiger partial charge in [0.1, 0.15) is 11.7 Å². The highest BCUT2D eigenvalue weighted by molar-refractivity contribution is 5.29. The third-order valence-corrected chi connectivity index (χ3v) is 2.98. The van der Waals surface area contributed by atoms with Crippen molar-refractivity contribution < 1.29 is 13.5 Å². The van der Waals surface area contributed by atoms with Crippen molar-refractivity contribution in [2.24, 2.45) is 0 Å². The van der Waals surface area contributed by atoms with E-state index in [0.29, 0.717) is 24.5 Å². The van der Waals surface area contributed by atoms with Crippen LogP contribution in [-0.2, 0) is 6.54 Å². The maximum absolute atomic E-state index is 13.3. The Bertz CT molecular complexity index is 396. The van der Waals surface area contributed by atoms with Crippen molar-refractivity contribution in [1.82, 2.24) is 20.0 Å². The number of methoxy groups -OCH3 is 1. The van der Waals surface area contributed by atoms with Gasteiger partial charge in [0.2, 0.25) is 0 Å². The van der Waals surface area contributed by atoms with E-state index in [4.69, 9.17) is 4.74 Å². The van der Waals surface area contributed by atoms with Crippen molar-refractivity contribution in [3.63, 3.8) is 0 Å². The van der Waals surface area contributed by atoms with E-state index < -0.39 is 12.5 Å². The first kappa shape index (κ1) is 16.8. The molecular weight excluding hydrogens is 266 g/mol. The first-order chi connectivity index (χ1) is 9.51. The summed E-state index contributed by atoms with van der Waals surface area (Å²) in [5.74, 6) is 0.401. The third kappa shape index (κ3) is 4.42. The van der Waals surface area contributed by atoms with Gasteiger partial charge < -0.3 is 15.0 Å². The van der Waals surface area contributed by atoms with Crippen molar-refractivity contribution in [2.75, 3.05) is 34.3 Å². The molecule has 1 atom stereocenters. The number of aromatic nitrogens is 2. The summed E-state index contributed by atoms with van der Waals surface area (Å²) >= 11 is 0. The molecule has 1 unspecified atom stereocenters.